The number of nitrogens with zero attached hydrogens (tertiary/aromatic N) is 1. The van der Waals surface area contributed by atoms with E-state index < -0.39 is 0 Å². The summed E-state index contributed by atoms with van der Waals surface area (Å²) in [6.45, 7) is 8.45. The number of aliphatic imine (C=N–C) groups is 1. The van der Waals surface area contributed by atoms with Gasteiger partial charge in [0.15, 0.2) is 5.78 Å². The molecule has 0 aromatic heterocycles. The molecule has 0 heterocycles. The molecule has 0 aliphatic heterocycles. The van der Waals surface area contributed by atoms with E-state index in [0.717, 1.165) is 18.8 Å². The minimum atomic E-state index is -0.0144. The normalized spacial score (nSPS) is 25.8. The Kier molecular flexibility index (Phi) is 5.77. The van der Waals surface area contributed by atoms with E-state index in [4.69, 9.17) is 5.73 Å². The van der Waals surface area contributed by atoms with E-state index in [1.807, 2.05) is 0 Å². The van der Waals surface area contributed by atoms with Crippen LogP contribution in [-0.2, 0) is 4.79 Å². The number of carbonyl (C=O) groups is 1. The van der Waals surface area contributed by atoms with Crippen molar-refractivity contribution in [3.63, 3.8) is 0 Å². The highest BCUT2D eigenvalue weighted by molar-refractivity contribution is 6.13. The molecule has 1 aliphatic rings. The van der Waals surface area contributed by atoms with Gasteiger partial charge in [-0.25, -0.2) is 0 Å². The minimum Gasteiger partial charge on any atom is -0.404 e. The third-order valence-corrected chi connectivity index (χ3v) is 3.60. The zero-order valence-corrected chi connectivity index (χ0v) is 12.8. The van der Waals surface area contributed by atoms with Crippen LogP contribution >= 0.6 is 0 Å². The number of hydrogen-bond donors (Lipinski definition) is 1. The van der Waals surface area contributed by atoms with E-state index in [0.29, 0.717) is 18.0 Å². The maximum absolute atomic E-state index is 12.1. The Bertz CT molecular complexity index is 355. The second kappa shape index (κ2) is 6.88. The summed E-state index contributed by atoms with van der Waals surface area (Å²) in [5, 5.41) is 0. The highest BCUT2D eigenvalue weighted by atomic mass is 16.1. The molecule has 0 aromatic rings. The van der Waals surface area contributed by atoms with Crippen molar-refractivity contribution in [3.05, 3.63) is 11.8 Å². The summed E-state index contributed by atoms with van der Waals surface area (Å²) in [5.74, 6) is 0.904. The molecule has 1 saturated carbocycles. The average Bonchev–Trinajstić information content (AvgIpc) is 2.30. The molecule has 108 valence electrons. The molecular formula is C16H28N2O. The molecule has 2 N–H and O–H groups in total. The van der Waals surface area contributed by atoms with Gasteiger partial charge >= 0.3 is 0 Å². The van der Waals surface area contributed by atoms with Gasteiger partial charge in [0.1, 0.15) is 0 Å². The largest absolute Gasteiger partial charge is 0.404 e. The molecule has 3 heteroatoms. The van der Waals surface area contributed by atoms with E-state index >= 15 is 0 Å². The molecule has 0 spiro atoms. The van der Waals surface area contributed by atoms with Gasteiger partial charge in [0, 0.05) is 24.9 Å². The molecule has 0 radical (unpaired) electrons. The summed E-state index contributed by atoms with van der Waals surface area (Å²) < 4.78 is 0. The number of hydrogen-bond acceptors (Lipinski definition) is 3. The van der Waals surface area contributed by atoms with Crippen LogP contribution in [0, 0.1) is 11.3 Å². The van der Waals surface area contributed by atoms with Gasteiger partial charge < -0.3 is 5.73 Å². The zero-order valence-electron chi connectivity index (χ0n) is 12.8. The lowest BCUT2D eigenvalue weighted by Gasteiger charge is -2.23. The predicted molar refractivity (Wildman–Crippen MR) is 81.3 cm³/mol. The number of allylic oxidation sites excluding steroid dienone is 1. The van der Waals surface area contributed by atoms with E-state index in [-0.39, 0.29) is 11.2 Å². The third-order valence-electron chi connectivity index (χ3n) is 3.60. The molecule has 3 nitrogen and oxygen atoms in total. The summed E-state index contributed by atoms with van der Waals surface area (Å²) in [5.41, 5.74) is 6.09. The number of Topliss-reactive ketones (excluding diaryl/α,β-unsaturated/α-hetero) is 1. The fraction of sp³-hybridized carbons (Fsp3) is 0.750. The Morgan fingerprint density at radius 2 is 1.84 bits per heavy atom. The Hall–Kier alpha value is -1.12. The summed E-state index contributed by atoms with van der Waals surface area (Å²) in [6, 6.07) is 0.369. The van der Waals surface area contributed by atoms with Crippen LogP contribution in [0.2, 0.25) is 0 Å². The topological polar surface area (TPSA) is 55.4 Å². The van der Waals surface area contributed by atoms with Gasteiger partial charge in [-0.2, -0.15) is 0 Å². The maximum Gasteiger partial charge on any atom is 0.166 e. The minimum absolute atomic E-state index is 0.0144. The quantitative estimate of drug-likeness (QED) is 0.624. The van der Waals surface area contributed by atoms with Crippen molar-refractivity contribution in [1.29, 1.82) is 0 Å². The molecule has 1 fully saturated rings. The van der Waals surface area contributed by atoms with Gasteiger partial charge in [-0.3, -0.25) is 9.79 Å². The molecule has 1 rings (SSSR count). The van der Waals surface area contributed by atoms with Gasteiger partial charge in [-0.1, -0.05) is 27.7 Å². The van der Waals surface area contributed by atoms with Gasteiger partial charge in [0.05, 0.1) is 5.57 Å². The van der Waals surface area contributed by atoms with Crippen LogP contribution < -0.4 is 5.73 Å². The van der Waals surface area contributed by atoms with Gasteiger partial charge in [-0.15, -0.1) is 0 Å². The van der Waals surface area contributed by atoms with Crippen LogP contribution in [0.3, 0.4) is 0 Å². The van der Waals surface area contributed by atoms with Crippen LogP contribution in [0.4, 0.5) is 0 Å². The summed E-state index contributed by atoms with van der Waals surface area (Å²) in [4.78, 5) is 16.6. The Morgan fingerprint density at radius 3 is 2.32 bits per heavy atom. The molecule has 19 heavy (non-hydrogen) atoms. The number of nitrogens with two attached hydrogens (primary N) is 1. The second-order valence-electron chi connectivity index (χ2n) is 6.97. The lowest BCUT2D eigenvalue weighted by atomic mass is 9.87. The second-order valence-corrected chi connectivity index (χ2v) is 6.97. The maximum atomic E-state index is 12.1. The van der Waals surface area contributed by atoms with Crippen LogP contribution in [0.1, 0.15) is 59.8 Å². The Morgan fingerprint density at radius 1 is 1.26 bits per heavy atom. The molecular weight excluding hydrogens is 236 g/mol. The van der Waals surface area contributed by atoms with Gasteiger partial charge in [0.25, 0.3) is 0 Å². The lowest BCUT2D eigenvalue weighted by Crippen LogP contribution is -2.18. The van der Waals surface area contributed by atoms with E-state index in [1.54, 1.807) is 6.21 Å². The van der Waals surface area contributed by atoms with Crippen molar-refractivity contribution in [2.75, 3.05) is 0 Å². The Labute approximate surface area is 117 Å². The molecule has 0 bridgehead atoms. The zero-order chi connectivity index (χ0) is 14.5. The molecule has 0 amide bonds. The molecule has 0 aromatic carbocycles. The van der Waals surface area contributed by atoms with Crippen molar-refractivity contribution in [2.45, 2.75) is 65.8 Å². The van der Waals surface area contributed by atoms with Gasteiger partial charge in [0.2, 0.25) is 0 Å². The predicted octanol–water partition coefficient (Wildman–Crippen LogP) is 3.48. The first kappa shape index (κ1) is 15.9. The summed E-state index contributed by atoms with van der Waals surface area (Å²) in [6.07, 6.45) is 8.31. The highest BCUT2D eigenvalue weighted by Gasteiger charge is 2.19. The molecule has 1 aliphatic carbocycles. The van der Waals surface area contributed by atoms with E-state index in [1.165, 1.54) is 19.0 Å². The summed E-state index contributed by atoms with van der Waals surface area (Å²) in [7, 11) is 0. The van der Waals surface area contributed by atoms with Crippen LogP contribution in [-0.4, -0.2) is 18.0 Å². The average molecular weight is 264 g/mol. The lowest BCUT2D eigenvalue weighted by molar-refractivity contribution is -0.116. The van der Waals surface area contributed by atoms with Crippen molar-refractivity contribution in [2.24, 2.45) is 22.1 Å². The smallest absolute Gasteiger partial charge is 0.166 e. The fourth-order valence-electron chi connectivity index (χ4n) is 2.37. The molecule has 0 unspecified atom stereocenters. The SMILES string of the molecule is CC1CCC(N=C/C(=C\N)C(=O)CC(C)(C)C)CC1. The van der Waals surface area contributed by atoms with Crippen molar-refractivity contribution < 1.29 is 4.79 Å². The van der Waals surface area contributed by atoms with Crippen molar-refractivity contribution >= 4 is 12.0 Å². The number of rotatable bonds is 4. The van der Waals surface area contributed by atoms with Crippen molar-refractivity contribution in [3.8, 4) is 0 Å². The van der Waals surface area contributed by atoms with Crippen LogP contribution in [0.15, 0.2) is 16.8 Å². The number of carbonyl (C=O) groups excluding carboxylic acids is 1. The Balaban J connectivity index is 2.55. The van der Waals surface area contributed by atoms with E-state index in [2.05, 4.69) is 32.7 Å². The summed E-state index contributed by atoms with van der Waals surface area (Å²) >= 11 is 0. The molecule has 0 atom stereocenters. The van der Waals surface area contributed by atoms with E-state index in [9.17, 15) is 4.79 Å². The first-order valence-electron chi connectivity index (χ1n) is 7.30. The monoisotopic (exact) mass is 264 g/mol. The highest BCUT2D eigenvalue weighted by Crippen LogP contribution is 2.25. The fourth-order valence-corrected chi connectivity index (χ4v) is 2.37. The first-order valence-corrected chi connectivity index (χ1v) is 7.30. The standard InChI is InChI=1S/C16H28N2O/c1-12-5-7-14(8-6-12)18-11-13(10-17)15(19)9-16(2,3)4/h10-12,14H,5-9,17H2,1-4H3/b13-10+,18-11?. The first-order chi connectivity index (χ1) is 8.81. The van der Waals surface area contributed by atoms with Crippen LogP contribution in [0.25, 0.3) is 0 Å². The van der Waals surface area contributed by atoms with Crippen LogP contribution in [0.5, 0.6) is 0 Å². The third kappa shape index (κ3) is 6.04. The number of ketones is 1. The van der Waals surface area contributed by atoms with Crippen molar-refractivity contribution in [1.82, 2.24) is 0 Å². The molecule has 0 saturated heterocycles. The van der Waals surface area contributed by atoms with Gasteiger partial charge in [-0.05, 0) is 37.0 Å².